The molecule has 2 aromatic heterocycles. The molecule has 0 radical (unpaired) electrons. The maximum atomic E-state index is 11.4. The molecule has 3 heterocycles. The van der Waals surface area contributed by atoms with Crippen molar-refractivity contribution < 1.29 is 4.79 Å². The van der Waals surface area contributed by atoms with Crippen LogP contribution in [0.5, 0.6) is 0 Å². The fourth-order valence-corrected chi connectivity index (χ4v) is 2.14. The fourth-order valence-electron chi connectivity index (χ4n) is 2.14. The van der Waals surface area contributed by atoms with E-state index in [1.54, 1.807) is 18.6 Å². The standard InChI is InChI=1S/C13H8N6O/c20-13-9-2-1-8(3-7(9)4-14-13)19-12-10-11(16-5-15-10)17-6-18-12/h1-6H,(H2,15,16,17,18,19). The number of rotatable bonds is 2. The van der Waals surface area contributed by atoms with Crippen LogP contribution in [0.15, 0.2) is 35.8 Å². The van der Waals surface area contributed by atoms with Gasteiger partial charge in [-0.3, -0.25) is 4.79 Å². The summed E-state index contributed by atoms with van der Waals surface area (Å²) in [5, 5.41) is 3.18. The van der Waals surface area contributed by atoms with Crippen LogP contribution < -0.4 is 5.32 Å². The van der Waals surface area contributed by atoms with E-state index in [2.05, 4.69) is 30.2 Å². The van der Waals surface area contributed by atoms with Gasteiger partial charge in [0.15, 0.2) is 11.5 Å². The first-order valence-electron chi connectivity index (χ1n) is 5.95. The SMILES string of the molecule is O=C1N=Cc2cc(Nc3ncnc4nc[nH]c34)ccc21. The summed E-state index contributed by atoms with van der Waals surface area (Å²) in [6.45, 7) is 0. The van der Waals surface area contributed by atoms with E-state index in [0.717, 1.165) is 16.8 Å². The molecule has 0 unspecified atom stereocenters. The zero-order valence-corrected chi connectivity index (χ0v) is 10.2. The van der Waals surface area contributed by atoms with Gasteiger partial charge in [-0.1, -0.05) is 0 Å². The first kappa shape index (κ1) is 10.8. The van der Waals surface area contributed by atoms with Crippen LogP contribution in [-0.4, -0.2) is 32.1 Å². The Hall–Kier alpha value is -3.09. The number of nitrogens with one attached hydrogen (secondary N) is 2. The van der Waals surface area contributed by atoms with Gasteiger partial charge < -0.3 is 10.3 Å². The maximum Gasteiger partial charge on any atom is 0.277 e. The summed E-state index contributed by atoms with van der Waals surface area (Å²) < 4.78 is 0. The lowest BCUT2D eigenvalue weighted by Crippen LogP contribution is -1.98. The number of benzene rings is 1. The number of carbonyl (C=O) groups excluding carboxylic acids is 1. The predicted octanol–water partition coefficient (Wildman–Crippen LogP) is 1.67. The molecule has 1 aromatic carbocycles. The highest BCUT2D eigenvalue weighted by Crippen LogP contribution is 2.24. The van der Waals surface area contributed by atoms with Gasteiger partial charge in [0.1, 0.15) is 11.8 Å². The quantitative estimate of drug-likeness (QED) is 0.734. The highest BCUT2D eigenvalue weighted by Gasteiger charge is 2.15. The van der Waals surface area contributed by atoms with Crippen LogP contribution >= 0.6 is 0 Å². The van der Waals surface area contributed by atoms with Crippen molar-refractivity contribution >= 4 is 34.8 Å². The molecule has 3 aromatic rings. The van der Waals surface area contributed by atoms with Crippen molar-refractivity contribution in [3.05, 3.63) is 42.0 Å². The van der Waals surface area contributed by atoms with Crippen LogP contribution in [-0.2, 0) is 0 Å². The maximum absolute atomic E-state index is 11.4. The fraction of sp³-hybridized carbons (Fsp3) is 0. The molecule has 0 bridgehead atoms. The number of imidazole rings is 1. The van der Waals surface area contributed by atoms with E-state index in [-0.39, 0.29) is 5.91 Å². The van der Waals surface area contributed by atoms with Crippen molar-refractivity contribution in [1.29, 1.82) is 0 Å². The number of fused-ring (bicyclic) bond motifs is 2. The first-order chi connectivity index (χ1) is 9.81. The molecule has 20 heavy (non-hydrogen) atoms. The van der Waals surface area contributed by atoms with Gasteiger partial charge in [-0.2, -0.15) is 0 Å². The van der Waals surface area contributed by atoms with Crippen LogP contribution in [0.25, 0.3) is 11.2 Å². The van der Waals surface area contributed by atoms with Crippen molar-refractivity contribution in [3.63, 3.8) is 0 Å². The lowest BCUT2D eigenvalue weighted by molar-refractivity contribution is 0.101. The number of nitrogens with zero attached hydrogens (tertiary/aromatic N) is 4. The van der Waals surface area contributed by atoms with Crippen molar-refractivity contribution in [3.8, 4) is 0 Å². The summed E-state index contributed by atoms with van der Waals surface area (Å²) in [5.74, 6) is 0.429. The molecule has 0 saturated carbocycles. The summed E-state index contributed by atoms with van der Waals surface area (Å²) in [4.78, 5) is 30.5. The molecule has 96 valence electrons. The molecule has 7 heteroatoms. The van der Waals surface area contributed by atoms with E-state index >= 15 is 0 Å². The molecule has 1 aliphatic rings. The van der Waals surface area contributed by atoms with Gasteiger partial charge in [-0.05, 0) is 18.2 Å². The Kier molecular flexibility index (Phi) is 2.13. The number of hydrogen-bond acceptors (Lipinski definition) is 5. The Balaban J connectivity index is 1.75. The summed E-state index contributed by atoms with van der Waals surface area (Å²) >= 11 is 0. The van der Waals surface area contributed by atoms with Gasteiger partial charge in [-0.15, -0.1) is 0 Å². The molecule has 0 spiro atoms. The summed E-state index contributed by atoms with van der Waals surface area (Å²) in [6.07, 6.45) is 4.58. The molecule has 0 saturated heterocycles. The normalized spacial score (nSPS) is 12.9. The second-order valence-electron chi connectivity index (χ2n) is 4.31. The first-order valence-corrected chi connectivity index (χ1v) is 5.95. The number of carbonyl (C=O) groups is 1. The minimum absolute atomic E-state index is 0.204. The zero-order chi connectivity index (χ0) is 13.5. The van der Waals surface area contributed by atoms with Gasteiger partial charge in [0.2, 0.25) is 0 Å². The molecule has 7 nitrogen and oxygen atoms in total. The van der Waals surface area contributed by atoms with Crippen molar-refractivity contribution in [2.45, 2.75) is 0 Å². The Labute approximate surface area is 112 Å². The van der Waals surface area contributed by atoms with Gasteiger partial charge in [-0.25, -0.2) is 19.9 Å². The second kappa shape index (κ2) is 3.95. The van der Waals surface area contributed by atoms with E-state index in [1.807, 2.05) is 12.1 Å². The number of hydrogen-bond donors (Lipinski definition) is 2. The number of H-pyrrole nitrogens is 1. The zero-order valence-electron chi connectivity index (χ0n) is 10.2. The average molecular weight is 264 g/mol. The molecule has 0 fully saturated rings. The largest absolute Gasteiger partial charge is 0.340 e. The van der Waals surface area contributed by atoms with Crippen LogP contribution in [0.1, 0.15) is 15.9 Å². The molecule has 1 aliphatic heterocycles. The van der Waals surface area contributed by atoms with Crippen LogP contribution in [0, 0.1) is 0 Å². The molecular formula is C13H8N6O. The van der Waals surface area contributed by atoms with Crippen LogP contribution in [0.4, 0.5) is 11.5 Å². The molecule has 1 amide bonds. The topological polar surface area (TPSA) is 95.9 Å². The average Bonchev–Trinajstić information content (AvgIpc) is 3.07. The van der Waals surface area contributed by atoms with E-state index in [1.165, 1.54) is 6.33 Å². The molecule has 0 atom stereocenters. The van der Waals surface area contributed by atoms with Crippen molar-refractivity contribution in [2.24, 2.45) is 4.99 Å². The van der Waals surface area contributed by atoms with Gasteiger partial charge in [0, 0.05) is 17.5 Å². The van der Waals surface area contributed by atoms with Gasteiger partial charge >= 0.3 is 0 Å². The van der Waals surface area contributed by atoms with E-state index in [9.17, 15) is 4.79 Å². The predicted molar refractivity (Wildman–Crippen MR) is 73.3 cm³/mol. The third-order valence-electron chi connectivity index (χ3n) is 3.09. The van der Waals surface area contributed by atoms with Crippen molar-refractivity contribution in [1.82, 2.24) is 19.9 Å². The van der Waals surface area contributed by atoms with E-state index < -0.39 is 0 Å². The smallest absolute Gasteiger partial charge is 0.277 e. The highest BCUT2D eigenvalue weighted by molar-refractivity contribution is 6.13. The Morgan fingerprint density at radius 3 is 3.05 bits per heavy atom. The Morgan fingerprint density at radius 1 is 1.15 bits per heavy atom. The molecule has 2 N–H and O–H groups in total. The van der Waals surface area contributed by atoms with Gasteiger partial charge in [0.05, 0.1) is 11.9 Å². The third-order valence-corrected chi connectivity index (χ3v) is 3.09. The summed E-state index contributed by atoms with van der Waals surface area (Å²) in [6, 6.07) is 5.42. The van der Waals surface area contributed by atoms with Gasteiger partial charge in [0.25, 0.3) is 5.91 Å². The minimum Gasteiger partial charge on any atom is -0.340 e. The Morgan fingerprint density at radius 2 is 2.10 bits per heavy atom. The monoisotopic (exact) mass is 264 g/mol. The molecule has 0 aliphatic carbocycles. The van der Waals surface area contributed by atoms with Crippen LogP contribution in [0.3, 0.4) is 0 Å². The molecule has 4 rings (SSSR count). The van der Waals surface area contributed by atoms with Crippen molar-refractivity contribution in [2.75, 3.05) is 5.32 Å². The number of aliphatic imine (C=N–C) groups is 1. The lowest BCUT2D eigenvalue weighted by atomic mass is 10.1. The van der Waals surface area contributed by atoms with E-state index in [4.69, 9.17) is 0 Å². The van der Waals surface area contributed by atoms with Crippen LogP contribution in [0.2, 0.25) is 0 Å². The Bertz CT molecular complexity index is 866. The number of aromatic amines is 1. The summed E-state index contributed by atoms with van der Waals surface area (Å²) in [7, 11) is 0. The third kappa shape index (κ3) is 1.57. The summed E-state index contributed by atoms with van der Waals surface area (Å²) in [5.41, 5.74) is 3.57. The highest BCUT2D eigenvalue weighted by atomic mass is 16.1. The number of amides is 1. The van der Waals surface area contributed by atoms with E-state index in [0.29, 0.717) is 17.0 Å². The second-order valence-corrected chi connectivity index (χ2v) is 4.31. The minimum atomic E-state index is -0.204. The number of aromatic nitrogens is 4. The number of anilines is 2. The lowest BCUT2D eigenvalue weighted by Gasteiger charge is -2.07. The molecular weight excluding hydrogens is 256 g/mol.